The zero-order chi connectivity index (χ0) is 14.1. The number of hydrogen-bond donors (Lipinski definition) is 2. The summed E-state index contributed by atoms with van der Waals surface area (Å²) in [6, 6.07) is 7.24. The molecule has 0 radical (unpaired) electrons. The van der Waals surface area contributed by atoms with Gasteiger partial charge in [0.05, 0.1) is 0 Å². The summed E-state index contributed by atoms with van der Waals surface area (Å²) >= 11 is 14.3. The number of rotatable bonds is 4. The average molecular weight is 327 g/mol. The van der Waals surface area contributed by atoms with Crippen molar-refractivity contribution >= 4 is 47.8 Å². The van der Waals surface area contributed by atoms with Gasteiger partial charge < -0.3 is 8.83 Å². The Morgan fingerprint density at radius 2 is 2.00 bits per heavy atom. The third-order valence-electron chi connectivity index (χ3n) is 2.77. The standard InChI is InChI=1S/C13H11ClN2O2S2/c14-8-1-2-9-7(5-8)6-10(17-9)13-16-15-11(18-13)3-4-12(19)20/h1-2,5-6,12,19-20H,3-4H2. The molecular weight excluding hydrogens is 316 g/mol. The maximum atomic E-state index is 5.94. The molecule has 0 aliphatic rings. The third kappa shape index (κ3) is 2.97. The maximum absolute atomic E-state index is 5.94. The van der Waals surface area contributed by atoms with Gasteiger partial charge in [-0.1, -0.05) is 11.6 Å². The fraction of sp³-hybridized carbons (Fsp3) is 0.231. The molecule has 7 heteroatoms. The Balaban J connectivity index is 1.87. The number of aromatic nitrogens is 2. The van der Waals surface area contributed by atoms with E-state index in [9.17, 15) is 0 Å². The van der Waals surface area contributed by atoms with E-state index >= 15 is 0 Å². The van der Waals surface area contributed by atoms with Crippen LogP contribution in [0.5, 0.6) is 0 Å². The molecule has 2 aromatic heterocycles. The highest BCUT2D eigenvalue weighted by atomic mass is 35.5. The van der Waals surface area contributed by atoms with Crippen LogP contribution in [-0.2, 0) is 6.42 Å². The van der Waals surface area contributed by atoms with Crippen LogP contribution in [0, 0.1) is 0 Å². The number of hydrogen-bond acceptors (Lipinski definition) is 6. The number of halogens is 1. The monoisotopic (exact) mass is 326 g/mol. The lowest BCUT2D eigenvalue weighted by molar-refractivity contribution is 0.484. The Bertz CT molecular complexity index is 739. The molecule has 0 fully saturated rings. The zero-order valence-electron chi connectivity index (χ0n) is 10.3. The summed E-state index contributed by atoms with van der Waals surface area (Å²) in [7, 11) is 0. The first kappa shape index (κ1) is 13.9. The predicted molar refractivity (Wildman–Crippen MR) is 84.6 cm³/mol. The molecule has 0 N–H and O–H groups in total. The molecule has 0 unspecified atom stereocenters. The fourth-order valence-corrected chi connectivity index (χ4v) is 2.27. The Morgan fingerprint density at radius 1 is 1.15 bits per heavy atom. The van der Waals surface area contributed by atoms with Gasteiger partial charge in [0, 0.05) is 21.4 Å². The first-order valence-corrected chi connectivity index (χ1v) is 7.41. The van der Waals surface area contributed by atoms with E-state index in [2.05, 4.69) is 35.5 Å². The van der Waals surface area contributed by atoms with Gasteiger partial charge in [0.2, 0.25) is 5.89 Å². The summed E-state index contributed by atoms with van der Waals surface area (Å²) in [6.07, 6.45) is 1.39. The summed E-state index contributed by atoms with van der Waals surface area (Å²) in [6.45, 7) is 0. The second-order valence-corrected chi connectivity index (χ2v) is 6.40. The molecule has 3 aromatic rings. The van der Waals surface area contributed by atoms with Gasteiger partial charge >= 0.3 is 0 Å². The van der Waals surface area contributed by atoms with Crippen LogP contribution >= 0.6 is 36.9 Å². The van der Waals surface area contributed by atoms with Gasteiger partial charge in [-0.3, -0.25) is 0 Å². The van der Waals surface area contributed by atoms with Crippen LogP contribution in [0.2, 0.25) is 5.02 Å². The van der Waals surface area contributed by atoms with Crippen molar-refractivity contribution in [3.05, 3.63) is 35.2 Å². The van der Waals surface area contributed by atoms with Gasteiger partial charge in [0.25, 0.3) is 5.89 Å². The number of furan rings is 1. The van der Waals surface area contributed by atoms with Gasteiger partial charge in [-0.05, 0) is 30.7 Å². The predicted octanol–water partition coefficient (Wildman–Crippen LogP) is 4.25. The minimum atomic E-state index is -0.00121. The molecule has 0 saturated carbocycles. The van der Waals surface area contributed by atoms with E-state index in [1.54, 1.807) is 6.07 Å². The SMILES string of the molecule is SC(S)CCc1nnc(-c2cc3cc(Cl)ccc3o2)o1. The van der Waals surface area contributed by atoms with Crippen molar-refractivity contribution in [2.75, 3.05) is 0 Å². The van der Waals surface area contributed by atoms with E-state index in [1.807, 2.05) is 18.2 Å². The molecule has 1 aromatic carbocycles. The third-order valence-corrected chi connectivity index (χ3v) is 3.52. The zero-order valence-corrected chi connectivity index (χ0v) is 12.8. The minimum absolute atomic E-state index is 0.00121. The molecule has 0 aliphatic heterocycles. The van der Waals surface area contributed by atoms with Gasteiger partial charge in [-0.25, -0.2) is 0 Å². The molecule has 4 nitrogen and oxygen atoms in total. The molecule has 0 spiro atoms. The summed E-state index contributed by atoms with van der Waals surface area (Å²) in [4.78, 5) is 0. The van der Waals surface area contributed by atoms with Crippen molar-refractivity contribution < 1.29 is 8.83 Å². The van der Waals surface area contributed by atoms with Gasteiger partial charge in [0.1, 0.15) is 5.58 Å². The number of aryl methyl sites for hydroxylation is 1. The molecule has 0 saturated heterocycles. The number of fused-ring (bicyclic) bond motifs is 1. The van der Waals surface area contributed by atoms with Crippen molar-refractivity contribution in [3.8, 4) is 11.7 Å². The first-order valence-electron chi connectivity index (χ1n) is 6.00. The van der Waals surface area contributed by atoms with E-state index < -0.39 is 0 Å². The number of benzene rings is 1. The molecule has 0 atom stereocenters. The van der Waals surface area contributed by atoms with Crippen LogP contribution in [0.3, 0.4) is 0 Å². The second kappa shape index (κ2) is 5.71. The topological polar surface area (TPSA) is 52.1 Å². The van der Waals surface area contributed by atoms with Crippen LogP contribution in [0.4, 0.5) is 0 Å². The van der Waals surface area contributed by atoms with Crippen LogP contribution in [0.1, 0.15) is 12.3 Å². The van der Waals surface area contributed by atoms with E-state index in [4.69, 9.17) is 20.4 Å². The normalized spacial score (nSPS) is 11.6. The van der Waals surface area contributed by atoms with Crippen LogP contribution in [-0.4, -0.2) is 14.8 Å². The van der Waals surface area contributed by atoms with Crippen molar-refractivity contribution in [1.82, 2.24) is 10.2 Å². The van der Waals surface area contributed by atoms with E-state index in [-0.39, 0.29) is 4.58 Å². The van der Waals surface area contributed by atoms with Crippen molar-refractivity contribution in [2.45, 2.75) is 17.4 Å². The lowest BCUT2D eigenvalue weighted by Crippen LogP contribution is -1.92. The van der Waals surface area contributed by atoms with Crippen LogP contribution in [0.15, 0.2) is 33.1 Å². The summed E-state index contributed by atoms with van der Waals surface area (Å²) < 4.78 is 11.2. The summed E-state index contributed by atoms with van der Waals surface area (Å²) in [5.74, 6) is 1.45. The Morgan fingerprint density at radius 3 is 2.80 bits per heavy atom. The van der Waals surface area contributed by atoms with Crippen LogP contribution in [0.25, 0.3) is 22.6 Å². The number of thiol groups is 2. The molecule has 0 bridgehead atoms. The van der Waals surface area contributed by atoms with Gasteiger partial charge in [0.15, 0.2) is 5.76 Å². The van der Waals surface area contributed by atoms with E-state index in [1.165, 1.54) is 0 Å². The Hall–Kier alpha value is -1.11. The summed E-state index contributed by atoms with van der Waals surface area (Å²) in [5.41, 5.74) is 0.731. The molecule has 0 aliphatic carbocycles. The number of nitrogens with zero attached hydrogens (tertiary/aromatic N) is 2. The van der Waals surface area contributed by atoms with Gasteiger partial charge in [-0.2, -0.15) is 25.3 Å². The molecule has 104 valence electrons. The van der Waals surface area contributed by atoms with Crippen LogP contribution < -0.4 is 0 Å². The Kier molecular flexibility index (Phi) is 3.96. The molecule has 3 rings (SSSR count). The van der Waals surface area contributed by atoms with Crippen molar-refractivity contribution in [2.24, 2.45) is 0 Å². The van der Waals surface area contributed by atoms with E-state index in [0.29, 0.717) is 29.0 Å². The highest BCUT2D eigenvalue weighted by Gasteiger charge is 2.14. The fourth-order valence-electron chi connectivity index (χ4n) is 1.83. The van der Waals surface area contributed by atoms with Crippen molar-refractivity contribution in [1.29, 1.82) is 0 Å². The second-order valence-electron chi connectivity index (χ2n) is 4.31. The Labute approximate surface area is 131 Å². The lowest BCUT2D eigenvalue weighted by atomic mass is 10.2. The quantitative estimate of drug-likeness (QED) is 0.556. The average Bonchev–Trinajstić information content (AvgIpc) is 3.01. The highest BCUT2D eigenvalue weighted by molar-refractivity contribution is 7.99. The molecule has 20 heavy (non-hydrogen) atoms. The minimum Gasteiger partial charge on any atom is -0.451 e. The van der Waals surface area contributed by atoms with Gasteiger partial charge in [-0.15, -0.1) is 10.2 Å². The highest BCUT2D eigenvalue weighted by Crippen LogP contribution is 2.29. The van der Waals surface area contributed by atoms with E-state index in [0.717, 1.165) is 17.4 Å². The largest absolute Gasteiger partial charge is 0.451 e. The molecular formula is C13H11ClN2O2S2. The lowest BCUT2D eigenvalue weighted by Gasteiger charge is -1.97. The summed E-state index contributed by atoms with van der Waals surface area (Å²) in [5, 5.41) is 9.53. The molecule has 0 amide bonds. The van der Waals surface area contributed by atoms with Crippen molar-refractivity contribution in [3.63, 3.8) is 0 Å². The first-order chi connectivity index (χ1) is 9.61. The smallest absolute Gasteiger partial charge is 0.283 e. The maximum Gasteiger partial charge on any atom is 0.283 e. The molecule has 2 heterocycles.